The van der Waals surface area contributed by atoms with Crippen molar-refractivity contribution in [1.29, 1.82) is 0 Å². The van der Waals surface area contributed by atoms with E-state index >= 15 is 0 Å². The zero-order chi connectivity index (χ0) is 29.3. The number of rotatable bonds is 8. The Morgan fingerprint density at radius 3 is 2.46 bits per heavy atom. The van der Waals surface area contributed by atoms with E-state index in [9.17, 15) is 9.59 Å². The number of nitrogens with zero attached hydrogens (tertiary/aromatic N) is 3. The molecule has 1 amide bonds. The number of fused-ring (bicyclic) bond motifs is 1. The van der Waals surface area contributed by atoms with Crippen LogP contribution in [0.4, 0.5) is 0 Å². The predicted molar refractivity (Wildman–Crippen MR) is 163 cm³/mol. The number of amides is 1. The number of aromatic nitrogens is 3. The lowest BCUT2D eigenvalue weighted by Crippen LogP contribution is -2.36. The van der Waals surface area contributed by atoms with Crippen molar-refractivity contribution in [2.45, 2.75) is 66.6 Å². The molecule has 216 valence electrons. The van der Waals surface area contributed by atoms with Gasteiger partial charge in [0.15, 0.2) is 0 Å². The molecule has 0 bridgehead atoms. The quantitative estimate of drug-likeness (QED) is 0.305. The summed E-state index contributed by atoms with van der Waals surface area (Å²) >= 11 is 0. The summed E-state index contributed by atoms with van der Waals surface area (Å²) in [6.45, 7) is 13.4. The Kier molecular flexibility index (Phi) is 8.31. The van der Waals surface area contributed by atoms with Crippen LogP contribution >= 0.6 is 0 Å². The number of ether oxygens (including phenoxy) is 1. The SMILES string of the molecule is COc1cc(C)[nH]c(=O)c1CNC(=O)c1c(C)n(C(C)C2CCN(Cc3cc(C)nc(C)c3)CC2)c2ccccc12. The molecule has 5 rings (SSSR count). The molecule has 1 aromatic carbocycles. The largest absolute Gasteiger partial charge is 0.496 e. The van der Waals surface area contributed by atoms with Crippen LogP contribution in [0.1, 0.15) is 70.1 Å². The van der Waals surface area contributed by atoms with Crippen LogP contribution in [0, 0.1) is 33.6 Å². The lowest BCUT2D eigenvalue weighted by Gasteiger charge is -2.36. The Hall–Kier alpha value is -3.91. The van der Waals surface area contributed by atoms with Gasteiger partial charge in [0.05, 0.1) is 24.8 Å². The Labute approximate surface area is 241 Å². The summed E-state index contributed by atoms with van der Waals surface area (Å²) in [5.74, 6) is 0.789. The molecule has 1 atom stereocenters. The Morgan fingerprint density at radius 1 is 1.10 bits per heavy atom. The number of para-hydroxylation sites is 1. The average Bonchev–Trinajstić information content (AvgIpc) is 3.23. The molecule has 4 aromatic rings. The highest BCUT2D eigenvalue weighted by Gasteiger charge is 2.29. The van der Waals surface area contributed by atoms with Crippen LogP contribution in [0.25, 0.3) is 10.9 Å². The number of carbonyl (C=O) groups excluding carboxylic acids is 1. The number of pyridine rings is 2. The number of benzene rings is 1. The molecule has 3 aromatic heterocycles. The van der Waals surface area contributed by atoms with Gasteiger partial charge >= 0.3 is 0 Å². The van der Waals surface area contributed by atoms with E-state index in [-0.39, 0.29) is 24.1 Å². The van der Waals surface area contributed by atoms with Gasteiger partial charge < -0.3 is 19.6 Å². The minimum absolute atomic E-state index is 0.0844. The summed E-state index contributed by atoms with van der Waals surface area (Å²) < 4.78 is 7.76. The van der Waals surface area contributed by atoms with Gasteiger partial charge in [0, 0.05) is 46.3 Å². The van der Waals surface area contributed by atoms with Gasteiger partial charge in [0.25, 0.3) is 11.5 Å². The van der Waals surface area contributed by atoms with Gasteiger partial charge in [-0.2, -0.15) is 0 Å². The van der Waals surface area contributed by atoms with E-state index in [2.05, 4.69) is 63.7 Å². The number of H-pyrrole nitrogens is 1. The molecule has 0 aliphatic carbocycles. The fourth-order valence-electron chi connectivity index (χ4n) is 6.57. The first-order chi connectivity index (χ1) is 19.7. The third kappa shape index (κ3) is 5.93. The van der Waals surface area contributed by atoms with Crippen LogP contribution in [0.3, 0.4) is 0 Å². The van der Waals surface area contributed by atoms with Crippen LogP contribution < -0.4 is 15.6 Å². The highest BCUT2D eigenvalue weighted by Crippen LogP contribution is 2.36. The normalized spacial score (nSPS) is 15.3. The number of nitrogens with one attached hydrogen (secondary N) is 2. The lowest BCUT2D eigenvalue weighted by atomic mass is 9.89. The van der Waals surface area contributed by atoms with E-state index in [4.69, 9.17) is 4.74 Å². The van der Waals surface area contributed by atoms with E-state index in [1.165, 1.54) is 12.7 Å². The predicted octanol–water partition coefficient (Wildman–Crippen LogP) is 5.37. The van der Waals surface area contributed by atoms with E-state index in [1.807, 2.05) is 25.1 Å². The molecular formula is C33H41N5O3. The molecule has 0 radical (unpaired) electrons. The number of hydrogen-bond acceptors (Lipinski definition) is 5. The number of likely N-dealkylation sites (tertiary alicyclic amines) is 1. The maximum absolute atomic E-state index is 13.6. The van der Waals surface area contributed by atoms with Crippen LogP contribution in [0.2, 0.25) is 0 Å². The Morgan fingerprint density at radius 2 is 1.78 bits per heavy atom. The molecule has 2 N–H and O–H groups in total. The van der Waals surface area contributed by atoms with Crippen LogP contribution in [-0.2, 0) is 13.1 Å². The second-order valence-electron chi connectivity index (χ2n) is 11.5. The second-order valence-corrected chi connectivity index (χ2v) is 11.5. The van der Waals surface area contributed by atoms with Crippen molar-refractivity contribution >= 4 is 16.8 Å². The topological polar surface area (TPSA) is 92.2 Å². The fraction of sp³-hybridized carbons (Fsp3) is 0.424. The Bertz CT molecular complexity index is 1610. The third-order valence-corrected chi connectivity index (χ3v) is 8.53. The zero-order valence-corrected chi connectivity index (χ0v) is 25.0. The van der Waals surface area contributed by atoms with Crippen LogP contribution in [0.15, 0.2) is 47.3 Å². The van der Waals surface area contributed by atoms with Gasteiger partial charge in [-0.15, -0.1) is 0 Å². The highest BCUT2D eigenvalue weighted by atomic mass is 16.5. The number of aryl methyl sites for hydroxylation is 3. The van der Waals surface area contributed by atoms with Gasteiger partial charge in [-0.3, -0.25) is 19.5 Å². The van der Waals surface area contributed by atoms with Crippen molar-refractivity contribution in [3.05, 3.63) is 92.3 Å². The molecule has 1 fully saturated rings. The summed E-state index contributed by atoms with van der Waals surface area (Å²) in [5, 5.41) is 3.92. The van der Waals surface area contributed by atoms with Crippen molar-refractivity contribution < 1.29 is 9.53 Å². The van der Waals surface area contributed by atoms with Gasteiger partial charge in [0.1, 0.15) is 5.75 Å². The minimum atomic E-state index is -0.254. The van der Waals surface area contributed by atoms with Crippen molar-refractivity contribution in [1.82, 2.24) is 24.8 Å². The molecule has 41 heavy (non-hydrogen) atoms. The molecule has 0 saturated carbocycles. The van der Waals surface area contributed by atoms with E-state index in [1.54, 1.807) is 13.0 Å². The zero-order valence-electron chi connectivity index (χ0n) is 25.0. The summed E-state index contributed by atoms with van der Waals surface area (Å²) in [4.78, 5) is 36.0. The van der Waals surface area contributed by atoms with Crippen LogP contribution in [0.5, 0.6) is 5.75 Å². The standard InChI is InChI=1S/C33H41N5O3/c1-20-15-25(16-21(2)35-20)19-37-13-11-26(12-14-37)23(4)38-24(5)31(27-9-7-8-10-29(27)38)33(40)34-18-28-30(41-6)17-22(3)36-32(28)39/h7-10,15-17,23,26H,11-14,18-19H2,1-6H3,(H,34,40)(H,36,39). The summed E-state index contributed by atoms with van der Waals surface area (Å²) in [7, 11) is 1.53. The van der Waals surface area contributed by atoms with Crippen molar-refractivity contribution in [2.75, 3.05) is 20.2 Å². The van der Waals surface area contributed by atoms with Gasteiger partial charge in [0.2, 0.25) is 0 Å². The number of piperidine rings is 1. The Balaban J connectivity index is 1.33. The molecule has 0 spiro atoms. The molecule has 1 aliphatic rings. The number of aromatic amines is 1. The maximum Gasteiger partial charge on any atom is 0.256 e. The third-order valence-electron chi connectivity index (χ3n) is 8.53. The summed E-state index contributed by atoms with van der Waals surface area (Å²) in [6, 6.07) is 14.5. The maximum atomic E-state index is 13.6. The van der Waals surface area contributed by atoms with Gasteiger partial charge in [-0.25, -0.2) is 0 Å². The number of hydrogen-bond donors (Lipinski definition) is 2. The number of carbonyl (C=O) groups is 1. The van der Waals surface area contributed by atoms with Crippen molar-refractivity contribution in [3.8, 4) is 5.75 Å². The average molecular weight is 556 g/mol. The fourth-order valence-corrected chi connectivity index (χ4v) is 6.57. The number of methoxy groups -OCH3 is 1. The first-order valence-corrected chi connectivity index (χ1v) is 14.5. The molecule has 4 heterocycles. The molecule has 8 heteroatoms. The monoisotopic (exact) mass is 555 g/mol. The molecular weight excluding hydrogens is 514 g/mol. The molecule has 1 saturated heterocycles. The second kappa shape index (κ2) is 11.9. The van der Waals surface area contributed by atoms with Crippen molar-refractivity contribution in [2.24, 2.45) is 5.92 Å². The summed E-state index contributed by atoms with van der Waals surface area (Å²) in [5.41, 5.74) is 7.02. The van der Waals surface area contributed by atoms with Gasteiger partial charge in [-0.1, -0.05) is 18.2 Å². The van der Waals surface area contributed by atoms with E-state index in [0.717, 1.165) is 60.5 Å². The smallest absolute Gasteiger partial charge is 0.256 e. The van der Waals surface area contributed by atoms with E-state index < -0.39 is 0 Å². The molecule has 1 aliphatic heterocycles. The molecule has 1 unspecified atom stereocenters. The minimum Gasteiger partial charge on any atom is -0.496 e. The molecule has 8 nitrogen and oxygen atoms in total. The first kappa shape index (κ1) is 28.6. The van der Waals surface area contributed by atoms with Crippen molar-refractivity contribution in [3.63, 3.8) is 0 Å². The van der Waals surface area contributed by atoms with Gasteiger partial charge in [-0.05, 0) is 96.3 Å². The summed E-state index contributed by atoms with van der Waals surface area (Å²) in [6.07, 6.45) is 2.21. The van der Waals surface area contributed by atoms with Crippen LogP contribution in [-0.4, -0.2) is 45.5 Å². The first-order valence-electron chi connectivity index (χ1n) is 14.5. The lowest BCUT2D eigenvalue weighted by molar-refractivity contribution is 0.0951. The highest BCUT2D eigenvalue weighted by molar-refractivity contribution is 6.08. The van der Waals surface area contributed by atoms with E-state index in [0.29, 0.717) is 28.5 Å².